The van der Waals surface area contributed by atoms with Crippen molar-refractivity contribution < 1.29 is 4.74 Å². The number of hydrogen-bond donors (Lipinski definition) is 0. The molecule has 0 fully saturated rings. The van der Waals surface area contributed by atoms with Gasteiger partial charge in [0.2, 0.25) is 0 Å². The van der Waals surface area contributed by atoms with Gasteiger partial charge in [-0.15, -0.1) is 0 Å². The van der Waals surface area contributed by atoms with Crippen molar-refractivity contribution in [2.45, 2.75) is 0 Å². The molecular weight excluding hydrogens is 257 g/mol. The molecule has 0 spiro atoms. The maximum absolute atomic E-state index is 6.16. The van der Waals surface area contributed by atoms with Crippen molar-refractivity contribution in [1.82, 2.24) is 0 Å². The molecule has 2 nitrogen and oxygen atoms in total. The highest BCUT2D eigenvalue weighted by atomic mass is 35.5. The highest BCUT2D eigenvalue weighted by Crippen LogP contribution is 2.38. The highest BCUT2D eigenvalue weighted by Gasteiger charge is 2.16. The average Bonchev–Trinajstić information content (AvgIpc) is 2.44. The fourth-order valence-electron chi connectivity index (χ4n) is 1.67. The van der Waals surface area contributed by atoms with Crippen LogP contribution in [-0.4, -0.2) is 5.17 Å². The minimum Gasteiger partial charge on any atom is -0.454 e. The van der Waals surface area contributed by atoms with Crippen molar-refractivity contribution in [3.63, 3.8) is 0 Å². The summed E-state index contributed by atoms with van der Waals surface area (Å²) in [5.74, 6) is 1.29. The third-order valence-corrected chi connectivity index (χ3v) is 2.99. The van der Waals surface area contributed by atoms with Crippen molar-refractivity contribution in [1.29, 1.82) is 0 Å². The first-order valence-electron chi connectivity index (χ1n) is 5.05. The van der Waals surface area contributed by atoms with E-state index in [0.29, 0.717) is 27.4 Å². The van der Waals surface area contributed by atoms with Gasteiger partial charge in [0.05, 0.1) is 5.56 Å². The van der Waals surface area contributed by atoms with Crippen LogP contribution in [0, 0.1) is 0 Å². The lowest BCUT2D eigenvalue weighted by Crippen LogP contribution is -1.92. The lowest BCUT2D eigenvalue weighted by atomic mass is 10.2. The number of benzene rings is 2. The molecule has 2 aromatic carbocycles. The summed E-state index contributed by atoms with van der Waals surface area (Å²) in [4.78, 5) is 4.32. The Morgan fingerprint density at radius 3 is 2.65 bits per heavy atom. The molecule has 0 aliphatic carbocycles. The monoisotopic (exact) mass is 263 g/mol. The largest absolute Gasteiger partial charge is 0.454 e. The number of para-hydroxylation sites is 2. The van der Waals surface area contributed by atoms with Gasteiger partial charge in [0.25, 0.3) is 0 Å². The molecule has 0 atom stereocenters. The van der Waals surface area contributed by atoms with E-state index in [4.69, 9.17) is 27.9 Å². The molecule has 17 heavy (non-hydrogen) atoms. The van der Waals surface area contributed by atoms with Gasteiger partial charge in [-0.3, -0.25) is 0 Å². The van der Waals surface area contributed by atoms with E-state index in [-0.39, 0.29) is 0 Å². The smallest absolute Gasteiger partial charge is 0.153 e. The molecule has 0 aromatic heterocycles. The van der Waals surface area contributed by atoms with Gasteiger partial charge >= 0.3 is 0 Å². The van der Waals surface area contributed by atoms with Gasteiger partial charge in [-0.05, 0) is 24.3 Å². The lowest BCUT2D eigenvalue weighted by Gasteiger charge is -2.07. The Morgan fingerprint density at radius 2 is 1.76 bits per heavy atom. The summed E-state index contributed by atoms with van der Waals surface area (Å²) in [6.07, 6.45) is 0. The van der Waals surface area contributed by atoms with Gasteiger partial charge in [0.15, 0.2) is 5.75 Å². The zero-order valence-corrected chi connectivity index (χ0v) is 10.2. The molecule has 0 saturated carbocycles. The molecular formula is C13H7Cl2NO. The fourth-order valence-corrected chi connectivity index (χ4v) is 2.08. The molecule has 84 valence electrons. The summed E-state index contributed by atoms with van der Waals surface area (Å²) in [6, 6.07) is 12.8. The molecule has 4 heteroatoms. The normalized spacial score (nSPS) is 12.9. The summed E-state index contributed by atoms with van der Waals surface area (Å²) in [5, 5.41) is 1.01. The number of aliphatic imine (C=N–C) groups is 1. The second kappa shape index (κ2) is 4.06. The van der Waals surface area contributed by atoms with Crippen LogP contribution in [0.25, 0.3) is 0 Å². The Kier molecular flexibility index (Phi) is 2.54. The van der Waals surface area contributed by atoms with Crippen LogP contribution < -0.4 is 4.74 Å². The summed E-state index contributed by atoms with van der Waals surface area (Å²) >= 11 is 12.1. The van der Waals surface area contributed by atoms with Crippen LogP contribution in [0.1, 0.15) is 5.56 Å². The third-order valence-electron chi connectivity index (χ3n) is 2.47. The topological polar surface area (TPSA) is 21.6 Å². The van der Waals surface area contributed by atoms with Crippen molar-refractivity contribution in [3.8, 4) is 11.5 Å². The van der Waals surface area contributed by atoms with Crippen molar-refractivity contribution in [3.05, 3.63) is 53.1 Å². The van der Waals surface area contributed by atoms with E-state index < -0.39 is 0 Å². The number of rotatable bonds is 0. The standard InChI is InChI=1S/C13H7Cl2NO/c14-8-5-6-9-12(7-8)17-11-4-2-1-3-10(11)16-13(9)15/h1-7H. The summed E-state index contributed by atoms with van der Waals surface area (Å²) in [7, 11) is 0. The molecule has 0 N–H and O–H groups in total. The minimum absolute atomic E-state index is 0.404. The lowest BCUT2D eigenvalue weighted by molar-refractivity contribution is 0.485. The number of fused-ring (bicyclic) bond motifs is 2. The van der Waals surface area contributed by atoms with E-state index in [1.807, 2.05) is 24.3 Å². The highest BCUT2D eigenvalue weighted by molar-refractivity contribution is 6.70. The maximum Gasteiger partial charge on any atom is 0.153 e. The zero-order chi connectivity index (χ0) is 11.8. The van der Waals surface area contributed by atoms with E-state index in [1.165, 1.54) is 0 Å². The van der Waals surface area contributed by atoms with Crippen LogP contribution in [-0.2, 0) is 0 Å². The predicted octanol–water partition coefficient (Wildman–Crippen LogP) is 4.76. The fraction of sp³-hybridized carbons (Fsp3) is 0. The third kappa shape index (κ3) is 1.90. The molecule has 0 radical (unpaired) electrons. The van der Waals surface area contributed by atoms with Gasteiger partial charge in [-0.25, -0.2) is 4.99 Å². The van der Waals surface area contributed by atoms with Crippen LogP contribution in [0.2, 0.25) is 5.02 Å². The number of ether oxygens (including phenoxy) is 1. The van der Waals surface area contributed by atoms with E-state index in [0.717, 1.165) is 5.56 Å². The van der Waals surface area contributed by atoms with E-state index in [2.05, 4.69) is 4.99 Å². The molecule has 0 unspecified atom stereocenters. The number of halogens is 2. The SMILES string of the molecule is ClC1=Nc2ccccc2Oc2cc(Cl)ccc21. The molecule has 0 amide bonds. The van der Waals surface area contributed by atoms with Crippen molar-refractivity contribution in [2.24, 2.45) is 4.99 Å². The molecule has 1 aliphatic heterocycles. The van der Waals surface area contributed by atoms with Crippen LogP contribution in [0.5, 0.6) is 11.5 Å². The Hall–Kier alpha value is -1.51. The van der Waals surface area contributed by atoms with Gasteiger partial charge in [-0.1, -0.05) is 35.3 Å². The first-order valence-corrected chi connectivity index (χ1v) is 5.80. The molecule has 0 bridgehead atoms. The molecule has 3 rings (SSSR count). The zero-order valence-electron chi connectivity index (χ0n) is 8.65. The molecule has 0 saturated heterocycles. The van der Waals surface area contributed by atoms with E-state index >= 15 is 0 Å². The van der Waals surface area contributed by atoms with E-state index in [1.54, 1.807) is 18.2 Å². The van der Waals surface area contributed by atoms with Gasteiger partial charge < -0.3 is 4.74 Å². The van der Waals surface area contributed by atoms with E-state index in [9.17, 15) is 0 Å². The number of hydrogen-bond acceptors (Lipinski definition) is 2. The second-order valence-electron chi connectivity index (χ2n) is 3.61. The van der Waals surface area contributed by atoms with Crippen LogP contribution >= 0.6 is 23.2 Å². The van der Waals surface area contributed by atoms with Crippen LogP contribution in [0.15, 0.2) is 47.5 Å². The Labute approximate surface area is 108 Å². The van der Waals surface area contributed by atoms with Gasteiger partial charge in [0.1, 0.15) is 16.6 Å². The van der Waals surface area contributed by atoms with Crippen LogP contribution in [0.3, 0.4) is 0 Å². The summed E-state index contributed by atoms with van der Waals surface area (Å²) in [5.41, 5.74) is 1.46. The van der Waals surface area contributed by atoms with Crippen LogP contribution in [0.4, 0.5) is 5.69 Å². The van der Waals surface area contributed by atoms with Crippen molar-refractivity contribution >= 4 is 34.1 Å². The second-order valence-corrected chi connectivity index (χ2v) is 4.41. The molecule has 1 aliphatic rings. The van der Waals surface area contributed by atoms with Crippen molar-refractivity contribution in [2.75, 3.05) is 0 Å². The Morgan fingerprint density at radius 1 is 0.941 bits per heavy atom. The van der Waals surface area contributed by atoms with Gasteiger partial charge in [-0.2, -0.15) is 0 Å². The minimum atomic E-state index is 0.404. The predicted molar refractivity (Wildman–Crippen MR) is 70.0 cm³/mol. The first kappa shape index (κ1) is 10.6. The quantitative estimate of drug-likeness (QED) is 0.672. The number of nitrogens with zero attached hydrogens (tertiary/aromatic N) is 1. The summed E-state index contributed by atoms with van der Waals surface area (Å²) in [6.45, 7) is 0. The Bertz CT molecular complexity index is 623. The first-order chi connectivity index (χ1) is 8.24. The summed E-state index contributed by atoms with van der Waals surface area (Å²) < 4.78 is 5.77. The molecule has 1 heterocycles. The maximum atomic E-state index is 6.16. The van der Waals surface area contributed by atoms with Gasteiger partial charge in [0, 0.05) is 11.1 Å². The average molecular weight is 264 g/mol. The Balaban J connectivity index is 2.24. The molecule has 2 aromatic rings.